The zero-order valence-corrected chi connectivity index (χ0v) is 9.98. The maximum absolute atomic E-state index is 12.0. The molecule has 1 aromatic rings. The number of nitrogens with one attached hydrogen (secondary N) is 1. The first kappa shape index (κ1) is 12.1. The number of aryl methyl sites for hydroxylation is 1. The summed E-state index contributed by atoms with van der Waals surface area (Å²) in [5, 5.41) is 11.6. The molecule has 0 spiro atoms. The number of aliphatic hydroxyl groups excluding tert-OH is 1. The molecule has 0 bridgehead atoms. The second-order valence-electron chi connectivity index (χ2n) is 4.51. The summed E-state index contributed by atoms with van der Waals surface area (Å²) in [6, 6.07) is 8.20. The molecule has 0 radical (unpaired) electrons. The lowest BCUT2D eigenvalue weighted by Gasteiger charge is -2.24. The van der Waals surface area contributed by atoms with Crippen molar-refractivity contribution in [2.45, 2.75) is 31.6 Å². The highest BCUT2D eigenvalue weighted by atomic mass is 16.3. The summed E-state index contributed by atoms with van der Waals surface area (Å²) in [5.74, 6) is 0.101. The van der Waals surface area contributed by atoms with E-state index in [0.29, 0.717) is 13.0 Å². The van der Waals surface area contributed by atoms with Crippen molar-refractivity contribution in [1.82, 2.24) is 5.32 Å². The van der Waals surface area contributed by atoms with Gasteiger partial charge in [0.1, 0.15) is 0 Å². The van der Waals surface area contributed by atoms with E-state index in [1.807, 2.05) is 12.1 Å². The van der Waals surface area contributed by atoms with Crippen LogP contribution in [0, 0.1) is 0 Å². The van der Waals surface area contributed by atoms with Crippen molar-refractivity contribution in [2.24, 2.45) is 0 Å². The first-order valence-corrected chi connectivity index (χ1v) is 6.29. The second kappa shape index (κ2) is 5.82. The molecule has 1 aliphatic rings. The van der Waals surface area contributed by atoms with Gasteiger partial charge in [0.05, 0.1) is 5.92 Å². The van der Waals surface area contributed by atoms with E-state index in [9.17, 15) is 4.79 Å². The fourth-order valence-corrected chi connectivity index (χ4v) is 2.44. The van der Waals surface area contributed by atoms with Gasteiger partial charge in [-0.15, -0.1) is 0 Å². The van der Waals surface area contributed by atoms with E-state index in [0.717, 1.165) is 19.3 Å². The van der Waals surface area contributed by atoms with E-state index in [1.54, 1.807) is 0 Å². The van der Waals surface area contributed by atoms with Gasteiger partial charge in [0.2, 0.25) is 5.91 Å². The molecule has 1 aromatic carbocycles. The largest absolute Gasteiger partial charge is 0.396 e. The zero-order valence-electron chi connectivity index (χ0n) is 9.98. The van der Waals surface area contributed by atoms with Crippen molar-refractivity contribution < 1.29 is 9.90 Å². The molecule has 3 heteroatoms. The van der Waals surface area contributed by atoms with Crippen LogP contribution in [0.5, 0.6) is 0 Å². The van der Waals surface area contributed by atoms with Crippen LogP contribution in [0.15, 0.2) is 24.3 Å². The number of hydrogen-bond acceptors (Lipinski definition) is 2. The van der Waals surface area contributed by atoms with Crippen LogP contribution >= 0.6 is 0 Å². The normalized spacial score (nSPS) is 18.5. The number of aliphatic hydroxyl groups is 1. The zero-order chi connectivity index (χ0) is 12.1. The fraction of sp³-hybridized carbons (Fsp3) is 0.500. The van der Waals surface area contributed by atoms with Gasteiger partial charge in [-0.3, -0.25) is 4.79 Å². The summed E-state index contributed by atoms with van der Waals surface area (Å²) >= 11 is 0. The Kier molecular flexibility index (Phi) is 4.15. The summed E-state index contributed by atoms with van der Waals surface area (Å²) in [5.41, 5.74) is 2.49. The Balaban J connectivity index is 2.05. The van der Waals surface area contributed by atoms with Crippen molar-refractivity contribution in [2.75, 3.05) is 13.2 Å². The standard InChI is InChI=1S/C14H19NO2/c16-10-4-9-15-14(17)13-8-3-6-11-5-1-2-7-12(11)13/h1-2,5,7,13,16H,3-4,6,8-10H2,(H,15,17). The van der Waals surface area contributed by atoms with E-state index in [1.165, 1.54) is 11.1 Å². The monoisotopic (exact) mass is 233 g/mol. The minimum Gasteiger partial charge on any atom is -0.396 e. The molecule has 0 aliphatic heterocycles. The summed E-state index contributed by atoms with van der Waals surface area (Å²) in [4.78, 5) is 12.0. The highest BCUT2D eigenvalue weighted by Gasteiger charge is 2.25. The maximum atomic E-state index is 12.0. The average molecular weight is 233 g/mol. The van der Waals surface area contributed by atoms with Gasteiger partial charge in [-0.1, -0.05) is 24.3 Å². The van der Waals surface area contributed by atoms with Crippen LogP contribution in [0.3, 0.4) is 0 Å². The Hall–Kier alpha value is -1.35. The molecule has 1 amide bonds. The molecule has 17 heavy (non-hydrogen) atoms. The van der Waals surface area contributed by atoms with Crippen molar-refractivity contribution in [1.29, 1.82) is 0 Å². The van der Waals surface area contributed by atoms with Crippen LogP contribution in [-0.4, -0.2) is 24.2 Å². The minimum absolute atomic E-state index is 0.00126. The lowest BCUT2D eigenvalue weighted by Crippen LogP contribution is -2.32. The van der Waals surface area contributed by atoms with E-state index < -0.39 is 0 Å². The van der Waals surface area contributed by atoms with Crippen molar-refractivity contribution in [3.05, 3.63) is 35.4 Å². The van der Waals surface area contributed by atoms with Crippen LogP contribution in [0.25, 0.3) is 0 Å². The third-order valence-corrected chi connectivity index (χ3v) is 3.32. The number of carbonyl (C=O) groups is 1. The van der Waals surface area contributed by atoms with E-state index in [4.69, 9.17) is 5.11 Å². The third-order valence-electron chi connectivity index (χ3n) is 3.32. The van der Waals surface area contributed by atoms with Crippen molar-refractivity contribution in [3.63, 3.8) is 0 Å². The molecule has 1 aliphatic carbocycles. The van der Waals surface area contributed by atoms with Crippen LogP contribution in [0.1, 0.15) is 36.3 Å². The van der Waals surface area contributed by atoms with Crippen LogP contribution in [-0.2, 0) is 11.2 Å². The van der Waals surface area contributed by atoms with Crippen LogP contribution in [0.2, 0.25) is 0 Å². The van der Waals surface area contributed by atoms with E-state index in [2.05, 4.69) is 17.4 Å². The number of hydrogen-bond donors (Lipinski definition) is 2. The minimum atomic E-state index is -0.00126. The van der Waals surface area contributed by atoms with Gasteiger partial charge in [0.15, 0.2) is 0 Å². The highest BCUT2D eigenvalue weighted by Crippen LogP contribution is 2.31. The van der Waals surface area contributed by atoms with Gasteiger partial charge in [-0.2, -0.15) is 0 Å². The molecule has 0 fully saturated rings. The number of rotatable bonds is 4. The SMILES string of the molecule is O=C(NCCCO)C1CCCc2ccccc21. The summed E-state index contributed by atoms with van der Waals surface area (Å²) < 4.78 is 0. The molecule has 1 unspecified atom stereocenters. The van der Waals surface area contributed by atoms with E-state index >= 15 is 0 Å². The topological polar surface area (TPSA) is 49.3 Å². The predicted octanol–water partition coefficient (Wildman–Crippen LogP) is 1.61. The Bertz CT molecular complexity index is 390. The Morgan fingerprint density at radius 3 is 3.06 bits per heavy atom. The summed E-state index contributed by atoms with van der Waals surface area (Å²) in [6.45, 7) is 0.690. The van der Waals surface area contributed by atoms with Gasteiger partial charge in [0.25, 0.3) is 0 Å². The number of fused-ring (bicyclic) bond motifs is 1. The molecule has 0 heterocycles. The Labute approximate surface area is 102 Å². The molecular formula is C14H19NO2. The molecule has 2 N–H and O–H groups in total. The number of amides is 1. The van der Waals surface area contributed by atoms with Crippen LogP contribution < -0.4 is 5.32 Å². The van der Waals surface area contributed by atoms with Gasteiger partial charge in [-0.25, -0.2) is 0 Å². The first-order valence-electron chi connectivity index (χ1n) is 6.29. The van der Waals surface area contributed by atoms with E-state index in [-0.39, 0.29) is 18.4 Å². The Morgan fingerprint density at radius 1 is 1.41 bits per heavy atom. The molecule has 0 saturated carbocycles. The van der Waals surface area contributed by atoms with Crippen molar-refractivity contribution >= 4 is 5.91 Å². The van der Waals surface area contributed by atoms with Crippen molar-refractivity contribution in [3.8, 4) is 0 Å². The van der Waals surface area contributed by atoms with Crippen LogP contribution in [0.4, 0.5) is 0 Å². The lowest BCUT2D eigenvalue weighted by atomic mass is 9.82. The molecule has 2 rings (SSSR count). The smallest absolute Gasteiger partial charge is 0.227 e. The quantitative estimate of drug-likeness (QED) is 0.776. The highest BCUT2D eigenvalue weighted by molar-refractivity contribution is 5.84. The average Bonchev–Trinajstić information content (AvgIpc) is 2.38. The fourth-order valence-electron chi connectivity index (χ4n) is 2.44. The summed E-state index contributed by atoms with van der Waals surface area (Å²) in [7, 11) is 0. The number of benzene rings is 1. The van der Waals surface area contributed by atoms with Gasteiger partial charge in [0, 0.05) is 13.2 Å². The third kappa shape index (κ3) is 2.86. The first-order chi connectivity index (χ1) is 8.33. The lowest BCUT2D eigenvalue weighted by molar-refractivity contribution is -0.122. The van der Waals surface area contributed by atoms with Gasteiger partial charge < -0.3 is 10.4 Å². The molecule has 0 saturated heterocycles. The molecule has 3 nitrogen and oxygen atoms in total. The summed E-state index contributed by atoms with van der Waals surface area (Å²) in [6.07, 6.45) is 3.72. The maximum Gasteiger partial charge on any atom is 0.227 e. The predicted molar refractivity (Wildman–Crippen MR) is 66.8 cm³/mol. The number of carbonyl (C=O) groups excluding carboxylic acids is 1. The molecular weight excluding hydrogens is 214 g/mol. The second-order valence-corrected chi connectivity index (χ2v) is 4.51. The molecule has 1 atom stereocenters. The molecule has 92 valence electrons. The Morgan fingerprint density at radius 2 is 2.24 bits per heavy atom. The van der Waals surface area contributed by atoms with Gasteiger partial charge in [-0.05, 0) is 36.8 Å². The molecule has 0 aromatic heterocycles. The van der Waals surface area contributed by atoms with Gasteiger partial charge >= 0.3 is 0 Å².